The van der Waals surface area contributed by atoms with Gasteiger partial charge in [0.05, 0.1) is 0 Å². The van der Waals surface area contributed by atoms with Crippen LogP contribution in [0.4, 0.5) is 0 Å². The van der Waals surface area contributed by atoms with Gasteiger partial charge in [-0.3, -0.25) is 0 Å². The van der Waals surface area contributed by atoms with Gasteiger partial charge in [-0.1, -0.05) is 0 Å². The van der Waals surface area contributed by atoms with Gasteiger partial charge in [-0.15, -0.1) is 0 Å². The quantitative estimate of drug-likeness (QED) is 0.281. The maximum atomic E-state index is 6.48. The second-order valence-corrected chi connectivity index (χ2v) is 29.4. The summed E-state index contributed by atoms with van der Waals surface area (Å²) < 4.78 is 2.37. The van der Waals surface area contributed by atoms with Gasteiger partial charge in [-0.25, -0.2) is 0 Å². The van der Waals surface area contributed by atoms with Gasteiger partial charge in [0.1, 0.15) is 0 Å². The Balaban J connectivity index is 3.40. The van der Waals surface area contributed by atoms with Crippen LogP contribution < -0.4 is 0 Å². The topological polar surface area (TPSA) is 0 Å². The van der Waals surface area contributed by atoms with Crippen molar-refractivity contribution < 1.29 is 0 Å². The summed E-state index contributed by atoms with van der Waals surface area (Å²) >= 11 is -2.70. The van der Waals surface area contributed by atoms with E-state index in [1.165, 1.54) is 59.3 Å². The number of hydrogen-bond acceptors (Lipinski definition) is 0. The molecule has 0 rings (SSSR count). The molecular formula is C12H26Cl2Pb. The SMILES string of the molecule is CCCCC[CH2][Pb]([Cl])([Cl])[CH2]CCCCC. The van der Waals surface area contributed by atoms with Crippen LogP contribution in [0.2, 0.25) is 7.96 Å². The van der Waals surface area contributed by atoms with Crippen LogP contribution in [0, 0.1) is 0 Å². The van der Waals surface area contributed by atoms with Crippen LogP contribution in [0.15, 0.2) is 0 Å². The third-order valence-corrected chi connectivity index (χ3v) is 17.9. The van der Waals surface area contributed by atoms with Gasteiger partial charge < -0.3 is 0 Å². The van der Waals surface area contributed by atoms with Gasteiger partial charge in [0.2, 0.25) is 0 Å². The van der Waals surface area contributed by atoms with Crippen LogP contribution in [0.25, 0.3) is 0 Å². The fraction of sp³-hybridized carbons (Fsp3) is 1.00. The summed E-state index contributed by atoms with van der Waals surface area (Å²) in [7, 11) is 13.0. The third kappa shape index (κ3) is 11.8. The van der Waals surface area contributed by atoms with E-state index in [0.717, 1.165) is 0 Å². The van der Waals surface area contributed by atoms with Crippen molar-refractivity contribution in [3.05, 3.63) is 0 Å². The zero-order chi connectivity index (χ0) is 11.6. The average Bonchev–Trinajstić information content (AvgIpc) is 2.20. The predicted molar refractivity (Wildman–Crippen MR) is 75.4 cm³/mol. The van der Waals surface area contributed by atoms with Crippen molar-refractivity contribution >= 4 is 35.4 Å². The molecule has 0 saturated heterocycles. The van der Waals surface area contributed by atoms with Crippen molar-refractivity contribution in [1.29, 1.82) is 0 Å². The van der Waals surface area contributed by atoms with E-state index in [9.17, 15) is 0 Å². The van der Waals surface area contributed by atoms with Crippen LogP contribution in [0.1, 0.15) is 65.2 Å². The number of hydrogen-bond donors (Lipinski definition) is 0. The molecule has 0 N–H and O–H groups in total. The molecule has 0 aromatic rings. The summed E-state index contributed by atoms with van der Waals surface area (Å²) in [4.78, 5) is 0. The van der Waals surface area contributed by atoms with Crippen LogP contribution >= 0.6 is 16.6 Å². The first-order valence-electron chi connectivity index (χ1n) is 6.50. The molecule has 0 saturated carbocycles. The normalized spacial score (nSPS) is 12.0. The predicted octanol–water partition coefficient (Wildman–Crippen LogP) is 6.07. The van der Waals surface area contributed by atoms with E-state index in [1.807, 2.05) is 0 Å². The van der Waals surface area contributed by atoms with Gasteiger partial charge in [0.25, 0.3) is 0 Å². The minimum absolute atomic E-state index is 1.18. The van der Waals surface area contributed by atoms with E-state index in [1.54, 1.807) is 0 Å². The van der Waals surface area contributed by atoms with Crippen molar-refractivity contribution in [2.45, 2.75) is 73.2 Å². The number of unbranched alkanes of at least 4 members (excludes halogenated alkanes) is 6. The van der Waals surface area contributed by atoms with Gasteiger partial charge in [0, 0.05) is 0 Å². The standard InChI is InChI=1S/2C6H13.2ClH.Pb/c2*1-3-5-6-4-2;;;/h2*1,3-6H2,2H3;2*1H;/q;;;;+2/p-2. The molecule has 15 heavy (non-hydrogen) atoms. The average molecular weight is 448 g/mol. The third-order valence-electron chi connectivity index (χ3n) is 2.79. The molecule has 0 aliphatic carbocycles. The summed E-state index contributed by atoms with van der Waals surface area (Å²) in [6.07, 6.45) is 10.5. The molecule has 0 aliphatic heterocycles. The summed E-state index contributed by atoms with van der Waals surface area (Å²) in [6.45, 7) is 4.48. The fourth-order valence-corrected chi connectivity index (χ4v) is 13.4. The number of rotatable bonds is 10. The van der Waals surface area contributed by atoms with Crippen molar-refractivity contribution in [2.75, 3.05) is 0 Å². The van der Waals surface area contributed by atoms with E-state index >= 15 is 0 Å². The molecule has 0 aromatic carbocycles. The molecule has 0 spiro atoms. The molecular weight excluding hydrogens is 422 g/mol. The molecule has 0 aromatic heterocycles. The molecule has 0 radical (unpaired) electrons. The van der Waals surface area contributed by atoms with E-state index in [-0.39, 0.29) is 0 Å². The van der Waals surface area contributed by atoms with Crippen molar-refractivity contribution in [3.8, 4) is 0 Å². The van der Waals surface area contributed by atoms with Gasteiger partial charge >= 0.3 is 109 Å². The second kappa shape index (κ2) is 10.6. The molecule has 3 heteroatoms. The van der Waals surface area contributed by atoms with Gasteiger partial charge in [-0.2, -0.15) is 0 Å². The monoisotopic (exact) mass is 448 g/mol. The molecule has 0 fully saturated rings. The first kappa shape index (κ1) is 16.5. The zero-order valence-electron chi connectivity index (χ0n) is 10.3. The molecule has 0 atom stereocenters. The Hall–Kier alpha value is 1.50. The Kier molecular flexibility index (Phi) is 11.7. The first-order valence-corrected chi connectivity index (χ1v) is 21.6. The number of halogens is 2. The molecule has 0 bridgehead atoms. The molecule has 0 amide bonds. The Morgan fingerprint density at radius 3 is 1.40 bits per heavy atom. The van der Waals surface area contributed by atoms with E-state index in [2.05, 4.69) is 13.8 Å². The Labute approximate surface area is 108 Å². The zero-order valence-corrected chi connectivity index (χ0v) is 15.7. The van der Waals surface area contributed by atoms with E-state index < -0.39 is 18.7 Å². The summed E-state index contributed by atoms with van der Waals surface area (Å²) in [5.74, 6) is 0. The Bertz CT molecular complexity index is 124. The minimum atomic E-state index is -2.70. The van der Waals surface area contributed by atoms with Gasteiger partial charge in [-0.05, 0) is 0 Å². The van der Waals surface area contributed by atoms with Crippen LogP contribution in [-0.2, 0) is 0 Å². The first-order chi connectivity index (χ1) is 7.12. The molecule has 0 heterocycles. The molecule has 0 nitrogen and oxygen atoms in total. The summed E-state index contributed by atoms with van der Waals surface area (Å²) in [6, 6.07) is 0. The molecule has 92 valence electrons. The van der Waals surface area contributed by atoms with Crippen LogP contribution in [0.3, 0.4) is 0 Å². The summed E-state index contributed by atoms with van der Waals surface area (Å²) in [5, 5.41) is 0. The maximum absolute atomic E-state index is 6.48. The fourth-order valence-electron chi connectivity index (χ4n) is 1.75. The van der Waals surface area contributed by atoms with Crippen molar-refractivity contribution in [1.82, 2.24) is 0 Å². The van der Waals surface area contributed by atoms with E-state index in [4.69, 9.17) is 16.6 Å². The van der Waals surface area contributed by atoms with E-state index in [0.29, 0.717) is 0 Å². The summed E-state index contributed by atoms with van der Waals surface area (Å²) in [5.41, 5.74) is 0. The van der Waals surface area contributed by atoms with Crippen molar-refractivity contribution in [3.63, 3.8) is 0 Å². The van der Waals surface area contributed by atoms with Crippen molar-refractivity contribution in [2.24, 2.45) is 0 Å². The molecule has 0 aliphatic rings. The van der Waals surface area contributed by atoms with Crippen LogP contribution in [0.5, 0.6) is 0 Å². The van der Waals surface area contributed by atoms with Gasteiger partial charge in [0.15, 0.2) is 0 Å². The second-order valence-electron chi connectivity index (χ2n) is 4.48. The van der Waals surface area contributed by atoms with Crippen LogP contribution in [-0.4, -0.2) is 18.7 Å². The molecule has 0 unspecified atom stereocenters. The Morgan fingerprint density at radius 1 is 0.667 bits per heavy atom. The Morgan fingerprint density at radius 2 is 1.07 bits per heavy atom.